The van der Waals surface area contributed by atoms with Gasteiger partial charge in [0.25, 0.3) is 0 Å². The first kappa shape index (κ1) is 21.9. The van der Waals surface area contributed by atoms with Crippen molar-refractivity contribution < 1.29 is 8.78 Å². The zero-order valence-corrected chi connectivity index (χ0v) is 18.8. The summed E-state index contributed by atoms with van der Waals surface area (Å²) in [5.74, 6) is 0.827. The van der Waals surface area contributed by atoms with Crippen molar-refractivity contribution in [1.29, 1.82) is 0 Å². The van der Waals surface area contributed by atoms with Crippen LogP contribution in [0.2, 0.25) is 0 Å². The van der Waals surface area contributed by atoms with Crippen molar-refractivity contribution in [2.75, 3.05) is 23.7 Å². The first-order valence-electron chi connectivity index (χ1n) is 11.1. The van der Waals surface area contributed by atoms with Crippen molar-refractivity contribution in [2.24, 2.45) is 0 Å². The molecule has 10 heteroatoms. The van der Waals surface area contributed by atoms with E-state index in [1.165, 1.54) is 29.2 Å². The molecule has 1 atom stereocenters. The number of benzene rings is 2. The van der Waals surface area contributed by atoms with Crippen LogP contribution in [0, 0.1) is 18.6 Å². The van der Waals surface area contributed by atoms with Gasteiger partial charge in [0.15, 0.2) is 5.82 Å². The minimum Gasteiger partial charge on any atom is -0.370 e. The zero-order valence-electron chi connectivity index (χ0n) is 18.8. The molecule has 0 aliphatic carbocycles. The van der Waals surface area contributed by atoms with Gasteiger partial charge in [0.2, 0.25) is 5.95 Å². The molecule has 2 aromatic carbocycles. The first-order valence-corrected chi connectivity index (χ1v) is 11.1. The number of fused-ring (bicyclic) bond motifs is 1. The lowest BCUT2D eigenvalue weighted by molar-refractivity contribution is 0.573. The molecule has 2 aromatic heterocycles. The number of nitrogens with zero attached hydrogens (tertiary/aromatic N) is 5. The fourth-order valence-corrected chi connectivity index (χ4v) is 4.10. The van der Waals surface area contributed by atoms with E-state index in [1.807, 2.05) is 6.92 Å². The lowest BCUT2D eigenvalue weighted by Gasteiger charge is -2.28. The Morgan fingerprint density at radius 3 is 2.65 bits per heavy atom. The first-order chi connectivity index (χ1) is 16.5. The fourth-order valence-electron chi connectivity index (χ4n) is 4.10. The van der Waals surface area contributed by atoms with Gasteiger partial charge in [-0.05, 0) is 49.7 Å². The predicted octanol–water partition coefficient (Wildman–Crippen LogP) is 4.05. The lowest BCUT2D eigenvalue weighted by Crippen LogP contribution is -2.31. The van der Waals surface area contributed by atoms with Gasteiger partial charge in [-0.2, -0.15) is 10.1 Å². The third-order valence-corrected chi connectivity index (χ3v) is 5.69. The maximum Gasteiger partial charge on any atom is 0.229 e. The number of nitrogens with one attached hydrogen (secondary N) is 3. The number of hydrogen-bond acceptors (Lipinski definition) is 7. The molecule has 1 aliphatic heterocycles. The van der Waals surface area contributed by atoms with E-state index in [2.05, 4.69) is 31.0 Å². The summed E-state index contributed by atoms with van der Waals surface area (Å²) >= 11 is 0. The average Bonchev–Trinajstić information content (AvgIpc) is 3.25. The van der Waals surface area contributed by atoms with Gasteiger partial charge < -0.3 is 16.0 Å². The van der Waals surface area contributed by atoms with E-state index in [1.54, 1.807) is 31.2 Å². The normalized spacial score (nSPS) is 15.1. The third kappa shape index (κ3) is 4.32. The van der Waals surface area contributed by atoms with Gasteiger partial charge in [-0.3, -0.25) is 0 Å². The average molecular weight is 463 g/mol. The second kappa shape index (κ2) is 9.14. The number of anilines is 3. The second-order valence-corrected chi connectivity index (χ2v) is 8.05. The van der Waals surface area contributed by atoms with Crippen molar-refractivity contribution >= 4 is 17.5 Å². The van der Waals surface area contributed by atoms with E-state index in [0.29, 0.717) is 48.6 Å². The highest BCUT2D eigenvalue weighted by molar-refractivity contribution is 5.60. The fraction of sp³-hybridized carbons (Fsp3) is 0.250. The maximum atomic E-state index is 14.8. The lowest BCUT2D eigenvalue weighted by atomic mass is 9.89. The highest BCUT2D eigenvalue weighted by atomic mass is 19.1. The zero-order chi connectivity index (χ0) is 23.7. The minimum atomic E-state index is -0.451. The van der Waals surface area contributed by atoms with Gasteiger partial charge in [0.1, 0.15) is 29.5 Å². The van der Waals surface area contributed by atoms with Crippen molar-refractivity contribution in [3.8, 4) is 5.69 Å². The summed E-state index contributed by atoms with van der Waals surface area (Å²) in [6.07, 6.45) is 1.47. The standard InChI is InChI=1S/C24H24F2N8/c1-3-28-23-19-12-27-11-18(15-4-6-16(25)7-5-15)22(19)31-24(32-23)30-17-8-9-21(20(26)10-17)34-13-29-14(2)33-34/h4-10,13,18,27H,3,11-12H2,1-2H3,(H2,28,30,31,32). The minimum absolute atomic E-state index is 0.0695. The summed E-state index contributed by atoms with van der Waals surface area (Å²) in [5.41, 5.74) is 3.59. The molecule has 5 rings (SSSR count). The van der Waals surface area contributed by atoms with Crippen molar-refractivity contribution in [3.05, 3.63) is 83.1 Å². The van der Waals surface area contributed by atoms with Crippen LogP contribution in [0.4, 0.5) is 26.2 Å². The Kier molecular flexibility index (Phi) is 5.89. The predicted molar refractivity (Wildman–Crippen MR) is 125 cm³/mol. The highest BCUT2D eigenvalue weighted by Crippen LogP contribution is 2.33. The van der Waals surface area contributed by atoms with Crippen LogP contribution < -0.4 is 16.0 Å². The van der Waals surface area contributed by atoms with Crippen molar-refractivity contribution in [3.63, 3.8) is 0 Å². The molecule has 0 spiro atoms. The van der Waals surface area contributed by atoms with Crippen LogP contribution in [0.1, 0.15) is 35.5 Å². The molecule has 0 amide bonds. The molecule has 34 heavy (non-hydrogen) atoms. The van der Waals surface area contributed by atoms with Crippen LogP contribution in [0.25, 0.3) is 5.69 Å². The number of hydrogen-bond donors (Lipinski definition) is 3. The molecule has 1 unspecified atom stereocenters. The summed E-state index contributed by atoms with van der Waals surface area (Å²) in [7, 11) is 0. The number of halogens is 2. The highest BCUT2D eigenvalue weighted by Gasteiger charge is 2.27. The Bertz CT molecular complexity index is 1320. The molecule has 3 heterocycles. The van der Waals surface area contributed by atoms with Crippen LogP contribution in [-0.2, 0) is 6.54 Å². The van der Waals surface area contributed by atoms with Gasteiger partial charge in [-0.25, -0.2) is 23.4 Å². The Morgan fingerprint density at radius 2 is 1.94 bits per heavy atom. The largest absolute Gasteiger partial charge is 0.370 e. The monoisotopic (exact) mass is 462 g/mol. The number of aromatic nitrogens is 5. The van der Waals surface area contributed by atoms with Crippen LogP contribution in [-0.4, -0.2) is 37.8 Å². The molecule has 1 aliphatic rings. The van der Waals surface area contributed by atoms with Gasteiger partial charge in [-0.15, -0.1) is 0 Å². The summed E-state index contributed by atoms with van der Waals surface area (Å²) in [5, 5.41) is 14.0. The topological polar surface area (TPSA) is 92.6 Å². The Morgan fingerprint density at radius 1 is 1.12 bits per heavy atom. The molecular weight excluding hydrogens is 438 g/mol. The van der Waals surface area contributed by atoms with Crippen LogP contribution in [0.5, 0.6) is 0 Å². The van der Waals surface area contributed by atoms with Gasteiger partial charge in [0.05, 0.1) is 5.69 Å². The number of rotatable bonds is 6. The molecule has 174 valence electrons. The van der Waals surface area contributed by atoms with E-state index in [0.717, 1.165) is 16.8 Å². The summed E-state index contributed by atoms with van der Waals surface area (Å²) in [6.45, 7) is 5.71. The van der Waals surface area contributed by atoms with Crippen LogP contribution >= 0.6 is 0 Å². The second-order valence-electron chi connectivity index (χ2n) is 8.05. The summed E-state index contributed by atoms with van der Waals surface area (Å²) < 4.78 is 29.7. The maximum absolute atomic E-state index is 14.8. The molecule has 8 nitrogen and oxygen atoms in total. The Balaban J connectivity index is 1.50. The van der Waals surface area contributed by atoms with Crippen LogP contribution in [0.15, 0.2) is 48.8 Å². The van der Waals surface area contributed by atoms with Crippen LogP contribution in [0.3, 0.4) is 0 Å². The molecule has 0 radical (unpaired) electrons. The smallest absolute Gasteiger partial charge is 0.229 e. The third-order valence-electron chi connectivity index (χ3n) is 5.69. The van der Waals surface area contributed by atoms with E-state index in [4.69, 9.17) is 4.98 Å². The Hall–Kier alpha value is -3.92. The van der Waals surface area contributed by atoms with E-state index in [-0.39, 0.29) is 11.7 Å². The van der Waals surface area contributed by atoms with E-state index < -0.39 is 5.82 Å². The molecule has 0 saturated carbocycles. The van der Waals surface area contributed by atoms with Gasteiger partial charge >= 0.3 is 0 Å². The van der Waals surface area contributed by atoms with Crippen molar-refractivity contribution in [2.45, 2.75) is 26.3 Å². The quantitative estimate of drug-likeness (QED) is 0.398. The molecule has 3 N–H and O–H groups in total. The number of aryl methyl sites for hydroxylation is 1. The van der Waals surface area contributed by atoms with E-state index in [9.17, 15) is 8.78 Å². The van der Waals surface area contributed by atoms with Gasteiger partial charge in [0, 0.05) is 36.8 Å². The summed E-state index contributed by atoms with van der Waals surface area (Å²) in [4.78, 5) is 13.5. The molecule has 0 bridgehead atoms. The molecule has 4 aromatic rings. The molecule has 0 fully saturated rings. The van der Waals surface area contributed by atoms with Crippen molar-refractivity contribution in [1.82, 2.24) is 30.0 Å². The van der Waals surface area contributed by atoms with E-state index >= 15 is 0 Å². The van der Waals surface area contributed by atoms with Gasteiger partial charge in [-0.1, -0.05) is 12.1 Å². The molecular formula is C24H24F2N8. The Labute approximate surface area is 195 Å². The summed E-state index contributed by atoms with van der Waals surface area (Å²) in [6, 6.07) is 11.2. The SMILES string of the molecule is CCNc1nc(Nc2ccc(-n3cnc(C)n3)c(F)c2)nc2c1CNCC2c1ccc(F)cc1. The molecule has 0 saturated heterocycles.